The van der Waals surface area contributed by atoms with Crippen molar-refractivity contribution < 1.29 is 9.13 Å². The van der Waals surface area contributed by atoms with Crippen LogP contribution in [0.5, 0.6) is 11.5 Å². The Balaban J connectivity index is 2.40. The van der Waals surface area contributed by atoms with Gasteiger partial charge in [-0.2, -0.15) is 0 Å². The number of benzene rings is 2. The molecule has 2 N–H and O–H groups in total. The SMILES string of the molecule is C[C@H](N)c1cccc(F)c1Oc1ccc(Cl)c(Cl)c1. The van der Waals surface area contributed by atoms with E-state index in [1.165, 1.54) is 12.1 Å². The third-order valence-electron chi connectivity index (χ3n) is 2.60. The van der Waals surface area contributed by atoms with Crippen molar-refractivity contribution in [3.05, 3.63) is 57.8 Å². The Morgan fingerprint density at radius 3 is 2.53 bits per heavy atom. The van der Waals surface area contributed by atoms with Gasteiger partial charge in [-0.15, -0.1) is 0 Å². The Morgan fingerprint density at radius 1 is 1.16 bits per heavy atom. The molecule has 1 atom stereocenters. The lowest BCUT2D eigenvalue weighted by atomic mass is 10.1. The minimum absolute atomic E-state index is 0.107. The van der Waals surface area contributed by atoms with E-state index < -0.39 is 5.82 Å². The number of para-hydroxylation sites is 1. The minimum atomic E-state index is -0.471. The van der Waals surface area contributed by atoms with Crippen LogP contribution in [-0.2, 0) is 0 Å². The van der Waals surface area contributed by atoms with Gasteiger partial charge >= 0.3 is 0 Å². The van der Waals surface area contributed by atoms with Gasteiger partial charge in [-0.05, 0) is 25.1 Å². The average molecular weight is 300 g/mol. The number of ether oxygens (including phenoxy) is 1. The van der Waals surface area contributed by atoms with Crippen molar-refractivity contribution in [1.29, 1.82) is 0 Å². The van der Waals surface area contributed by atoms with E-state index in [1.807, 2.05) is 0 Å². The summed E-state index contributed by atoms with van der Waals surface area (Å²) in [7, 11) is 0. The van der Waals surface area contributed by atoms with E-state index in [-0.39, 0.29) is 11.8 Å². The van der Waals surface area contributed by atoms with Gasteiger partial charge in [0.25, 0.3) is 0 Å². The van der Waals surface area contributed by atoms with Crippen LogP contribution in [0.3, 0.4) is 0 Å². The molecule has 0 unspecified atom stereocenters. The number of hydrogen-bond acceptors (Lipinski definition) is 2. The van der Waals surface area contributed by atoms with Crippen LogP contribution in [0.2, 0.25) is 10.0 Å². The predicted octanol–water partition coefficient (Wildman–Crippen LogP) is 4.94. The molecule has 0 aromatic heterocycles. The first kappa shape index (κ1) is 14.1. The summed E-state index contributed by atoms with van der Waals surface area (Å²) >= 11 is 11.7. The topological polar surface area (TPSA) is 35.2 Å². The second-order valence-corrected chi connectivity index (χ2v) is 4.94. The molecule has 0 spiro atoms. The standard InChI is InChI=1S/C14H12Cl2FNO/c1-8(18)10-3-2-4-13(17)14(10)19-9-5-6-11(15)12(16)7-9/h2-8H,18H2,1H3/t8-/m0/s1. The molecular weight excluding hydrogens is 288 g/mol. The number of nitrogens with two attached hydrogens (primary N) is 1. The van der Waals surface area contributed by atoms with Gasteiger partial charge in [0.1, 0.15) is 5.75 Å². The van der Waals surface area contributed by atoms with Gasteiger partial charge in [0.2, 0.25) is 0 Å². The van der Waals surface area contributed by atoms with Crippen LogP contribution in [0.1, 0.15) is 18.5 Å². The first-order valence-corrected chi connectivity index (χ1v) is 6.41. The first-order valence-electron chi connectivity index (χ1n) is 5.66. The van der Waals surface area contributed by atoms with E-state index in [9.17, 15) is 4.39 Å². The molecule has 5 heteroatoms. The van der Waals surface area contributed by atoms with Gasteiger partial charge < -0.3 is 10.5 Å². The van der Waals surface area contributed by atoms with E-state index in [2.05, 4.69) is 0 Å². The van der Waals surface area contributed by atoms with Crippen LogP contribution in [0, 0.1) is 5.82 Å². The highest BCUT2D eigenvalue weighted by Crippen LogP contribution is 2.34. The summed E-state index contributed by atoms with van der Waals surface area (Å²) in [6, 6.07) is 9.03. The Bertz CT molecular complexity index is 602. The van der Waals surface area contributed by atoms with Crippen LogP contribution in [0.25, 0.3) is 0 Å². The zero-order valence-corrected chi connectivity index (χ0v) is 11.7. The van der Waals surface area contributed by atoms with Crippen LogP contribution in [0.4, 0.5) is 4.39 Å². The summed E-state index contributed by atoms with van der Waals surface area (Å²) in [6.45, 7) is 1.76. The lowest BCUT2D eigenvalue weighted by Crippen LogP contribution is -2.07. The van der Waals surface area contributed by atoms with Crippen molar-refractivity contribution in [2.24, 2.45) is 5.73 Å². The minimum Gasteiger partial charge on any atom is -0.454 e. The van der Waals surface area contributed by atoms with Crippen LogP contribution in [0.15, 0.2) is 36.4 Å². The molecule has 0 radical (unpaired) electrons. The Labute approximate surface area is 120 Å². The lowest BCUT2D eigenvalue weighted by Gasteiger charge is -2.14. The Hall–Kier alpha value is -1.29. The molecule has 2 aromatic carbocycles. The monoisotopic (exact) mass is 299 g/mol. The molecule has 19 heavy (non-hydrogen) atoms. The largest absolute Gasteiger partial charge is 0.454 e. The van der Waals surface area contributed by atoms with Crippen LogP contribution >= 0.6 is 23.2 Å². The maximum atomic E-state index is 13.8. The number of rotatable bonds is 3. The second-order valence-electron chi connectivity index (χ2n) is 4.12. The van der Waals surface area contributed by atoms with Gasteiger partial charge in [0.05, 0.1) is 10.0 Å². The van der Waals surface area contributed by atoms with Crippen molar-refractivity contribution >= 4 is 23.2 Å². The van der Waals surface area contributed by atoms with Crippen molar-refractivity contribution in [2.75, 3.05) is 0 Å². The molecule has 0 saturated heterocycles. The molecule has 0 fully saturated rings. The molecule has 0 aliphatic carbocycles. The van der Waals surface area contributed by atoms with Crippen molar-refractivity contribution in [2.45, 2.75) is 13.0 Å². The molecule has 0 aliphatic heterocycles. The second kappa shape index (κ2) is 5.78. The van der Waals surface area contributed by atoms with Gasteiger partial charge in [-0.25, -0.2) is 4.39 Å². The molecule has 2 rings (SSSR count). The third kappa shape index (κ3) is 3.18. The van der Waals surface area contributed by atoms with Crippen LogP contribution < -0.4 is 10.5 Å². The highest BCUT2D eigenvalue weighted by molar-refractivity contribution is 6.42. The maximum absolute atomic E-state index is 13.8. The molecule has 100 valence electrons. The lowest BCUT2D eigenvalue weighted by molar-refractivity contribution is 0.432. The fraction of sp³-hybridized carbons (Fsp3) is 0.143. The highest BCUT2D eigenvalue weighted by atomic mass is 35.5. The quantitative estimate of drug-likeness (QED) is 0.871. The zero-order valence-electron chi connectivity index (χ0n) is 10.2. The summed E-state index contributed by atoms with van der Waals surface area (Å²) in [4.78, 5) is 0. The van der Waals surface area contributed by atoms with Gasteiger partial charge in [-0.3, -0.25) is 0 Å². The fourth-order valence-electron chi connectivity index (χ4n) is 1.65. The summed E-state index contributed by atoms with van der Waals surface area (Å²) in [6.07, 6.45) is 0. The van der Waals surface area contributed by atoms with Crippen molar-refractivity contribution in [1.82, 2.24) is 0 Å². The summed E-state index contributed by atoms with van der Waals surface area (Å²) in [5, 5.41) is 0.757. The fourth-order valence-corrected chi connectivity index (χ4v) is 1.94. The molecule has 0 amide bonds. The normalized spacial score (nSPS) is 12.3. The van der Waals surface area contributed by atoms with E-state index in [4.69, 9.17) is 33.7 Å². The molecule has 2 aromatic rings. The molecule has 0 aliphatic rings. The molecule has 2 nitrogen and oxygen atoms in total. The van der Waals surface area contributed by atoms with Gasteiger partial charge in [0, 0.05) is 17.7 Å². The number of halogens is 3. The van der Waals surface area contributed by atoms with Gasteiger partial charge in [0.15, 0.2) is 11.6 Å². The van der Waals surface area contributed by atoms with Gasteiger partial charge in [-0.1, -0.05) is 35.3 Å². The molecule has 0 bridgehead atoms. The summed E-state index contributed by atoms with van der Waals surface area (Å²) < 4.78 is 19.4. The van der Waals surface area contributed by atoms with Crippen molar-refractivity contribution in [3.63, 3.8) is 0 Å². The maximum Gasteiger partial charge on any atom is 0.167 e. The van der Waals surface area contributed by atoms with Crippen molar-refractivity contribution in [3.8, 4) is 11.5 Å². The molecule has 0 heterocycles. The highest BCUT2D eigenvalue weighted by Gasteiger charge is 2.14. The molecule has 0 saturated carbocycles. The smallest absolute Gasteiger partial charge is 0.167 e. The summed E-state index contributed by atoms with van der Waals surface area (Å²) in [5.41, 5.74) is 6.39. The van der Waals surface area contributed by atoms with E-state index in [0.717, 1.165) is 0 Å². The summed E-state index contributed by atoms with van der Waals surface area (Å²) in [5.74, 6) is 0.0400. The first-order chi connectivity index (χ1) is 8.99. The Morgan fingerprint density at radius 2 is 1.89 bits per heavy atom. The molecular formula is C14H12Cl2FNO. The third-order valence-corrected chi connectivity index (χ3v) is 3.34. The number of hydrogen-bond donors (Lipinski definition) is 1. The average Bonchev–Trinajstić information content (AvgIpc) is 2.36. The van der Waals surface area contributed by atoms with E-state index >= 15 is 0 Å². The zero-order chi connectivity index (χ0) is 14.0. The Kier molecular flexibility index (Phi) is 4.30. The van der Waals surface area contributed by atoms with E-state index in [0.29, 0.717) is 21.4 Å². The van der Waals surface area contributed by atoms with Crippen LogP contribution in [-0.4, -0.2) is 0 Å². The predicted molar refractivity (Wildman–Crippen MR) is 75.5 cm³/mol. The van der Waals surface area contributed by atoms with E-state index in [1.54, 1.807) is 31.2 Å².